The van der Waals surface area contributed by atoms with Crippen molar-refractivity contribution in [1.82, 2.24) is 0 Å². The molecule has 0 unspecified atom stereocenters. The zero-order chi connectivity index (χ0) is 19.3. The molecule has 0 saturated heterocycles. The van der Waals surface area contributed by atoms with E-state index in [1.807, 2.05) is 36.4 Å². The number of unbranched alkanes of at least 4 members (excludes halogenated alkanes) is 3. The van der Waals surface area contributed by atoms with E-state index in [4.69, 9.17) is 0 Å². The average Bonchev–Trinajstić information content (AvgIpc) is 3.07. The van der Waals surface area contributed by atoms with Gasteiger partial charge in [-0.1, -0.05) is 86.8 Å². The minimum Gasteiger partial charge on any atom is -0.325 e. The van der Waals surface area contributed by atoms with Gasteiger partial charge in [0.15, 0.2) is 0 Å². The van der Waals surface area contributed by atoms with E-state index in [0.29, 0.717) is 0 Å². The highest BCUT2D eigenvalue weighted by Gasteiger charge is 2.33. The van der Waals surface area contributed by atoms with Gasteiger partial charge in [0.2, 0.25) is 5.91 Å². The molecule has 0 aliphatic heterocycles. The first-order valence-corrected chi connectivity index (χ1v) is 10.4. The van der Waals surface area contributed by atoms with Gasteiger partial charge in [-0.2, -0.15) is 0 Å². The number of carbonyl (C=O) groups is 1. The predicted octanol–water partition coefficient (Wildman–Crippen LogP) is 6.56. The summed E-state index contributed by atoms with van der Waals surface area (Å²) in [4.78, 5) is 13.2. The van der Waals surface area contributed by atoms with Crippen molar-refractivity contribution in [3.05, 3.63) is 89.5 Å². The Kier molecular flexibility index (Phi) is 5.57. The van der Waals surface area contributed by atoms with Crippen molar-refractivity contribution in [2.45, 2.75) is 44.9 Å². The van der Waals surface area contributed by atoms with Crippen LogP contribution >= 0.6 is 0 Å². The number of aryl methyl sites for hydroxylation is 1. The number of carbonyl (C=O) groups excluding carboxylic acids is 1. The molecule has 0 heterocycles. The van der Waals surface area contributed by atoms with Crippen LogP contribution in [0.5, 0.6) is 0 Å². The molecule has 3 aromatic carbocycles. The first-order chi connectivity index (χ1) is 13.8. The maximum absolute atomic E-state index is 13.2. The molecule has 2 nitrogen and oxygen atoms in total. The number of amides is 1. The second kappa shape index (κ2) is 8.43. The van der Waals surface area contributed by atoms with Crippen LogP contribution in [-0.2, 0) is 11.2 Å². The molecule has 0 radical (unpaired) electrons. The van der Waals surface area contributed by atoms with E-state index in [0.717, 1.165) is 23.2 Å². The van der Waals surface area contributed by atoms with Gasteiger partial charge in [0, 0.05) is 5.69 Å². The molecule has 2 heteroatoms. The van der Waals surface area contributed by atoms with E-state index >= 15 is 0 Å². The Morgan fingerprint density at radius 2 is 1.39 bits per heavy atom. The fraction of sp³-hybridized carbons (Fsp3) is 0.269. The standard InChI is InChI=1S/C26H27NO/c1-2-3-4-5-10-19-15-17-20(18-16-19)27-26(28)25-23-13-8-6-11-21(23)22-12-7-9-14-24(22)25/h6-9,11-18,25H,2-5,10H2,1H3,(H,27,28). The Morgan fingerprint density at radius 3 is 2.00 bits per heavy atom. The Labute approximate surface area is 167 Å². The van der Waals surface area contributed by atoms with Crippen LogP contribution in [0.1, 0.15) is 55.2 Å². The Morgan fingerprint density at radius 1 is 0.786 bits per heavy atom. The third kappa shape index (κ3) is 3.73. The lowest BCUT2D eigenvalue weighted by Gasteiger charge is -2.14. The van der Waals surface area contributed by atoms with Crippen LogP contribution in [0, 0.1) is 0 Å². The SMILES string of the molecule is CCCCCCc1ccc(NC(=O)C2c3ccccc3-c3ccccc32)cc1. The molecular weight excluding hydrogens is 342 g/mol. The van der Waals surface area contributed by atoms with Crippen LogP contribution in [-0.4, -0.2) is 5.91 Å². The second-order valence-corrected chi connectivity index (χ2v) is 7.60. The monoisotopic (exact) mass is 369 g/mol. The highest BCUT2D eigenvalue weighted by Crippen LogP contribution is 2.44. The van der Waals surface area contributed by atoms with Gasteiger partial charge < -0.3 is 5.32 Å². The highest BCUT2D eigenvalue weighted by molar-refractivity contribution is 6.03. The topological polar surface area (TPSA) is 29.1 Å². The number of benzene rings is 3. The zero-order valence-corrected chi connectivity index (χ0v) is 16.4. The molecule has 0 saturated carbocycles. The lowest BCUT2D eigenvalue weighted by atomic mass is 9.96. The lowest BCUT2D eigenvalue weighted by molar-refractivity contribution is -0.116. The number of nitrogens with one attached hydrogen (secondary N) is 1. The third-order valence-electron chi connectivity index (χ3n) is 5.64. The average molecular weight is 370 g/mol. The van der Waals surface area contributed by atoms with E-state index in [2.05, 4.69) is 48.6 Å². The molecule has 142 valence electrons. The summed E-state index contributed by atoms with van der Waals surface area (Å²) in [5, 5.41) is 3.13. The van der Waals surface area contributed by atoms with Gasteiger partial charge in [0.05, 0.1) is 5.92 Å². The first kappa shape index (κ1) is 18.5. The Hall–Kier alpha value is -2.87. The van der Waals surface area contributed by atoms with Crippen molar-refractivity contribution in [1.29, 1.82) is 0 Å². The van der Waals surface area contributed by atoms with Crippen molar-refractivity contribution in [2.75, 3.05) is 5.32 Å². The minimum absolute atomic E-state index is 0.0353. The molecule has 1 aliphatic carbocycles. The summed E-state index contributed by atoms with van der Waals surface area (Å²) in [6.45, 7) is 2.23. The van der Waals surface area contributed by atoms with Crippen molar-refractivity contribution in [3.8, 4) is 11.1 Å². The largest absolute Gasteiger partial charge is 0.325 e. The van der Waals surface area contributed by atoms with Crippen LogP contribution in [0.3, 0.4) is 0 Å². The van der Waals surface area contributed by atoms with Gasteiger partial charge in [-0.05, 0) is 52.8 Å². The smallest absolute Gasteiger partial charge is 0.236 e. The van der Waals surface area contributed by atoms with Crippen molar-refractivity contribution in [2.24, 2.45) is 0 Å². The van der Waals surface area contributed by atoms with E-state index in [1.54, 1.807) is 0 Å². The van der Waals surface area contributed by atoms with Gasteiger partial charge in [-0.15, -0.1) is 0 Å². The summed E-state index contributed by atoms with van der Waals surface area (Å²) >= 11 is 0. The molecular formula is C26H27NO. The summed E-state index contributed by atoms with van der Waals surface area (Å²) in [5.41, 5.74) is 6.72. The highest BCUT2D eigenvalue weighted by atomic mass is 16.1. The van der Waals surface area contributed by atoms with Gasteiger partial charge in [-0.3, -0.25) is 4.79 Å². The quantitative estimate of drug-likeness (QED) is 0.469. The predicted molar refractivity (Wildman–Crippen MR) is 117 cm³/mol. The van der Waals surface area contributed by atoms with E-state index in [1.165, 1.54) is 42.4 Å². The van der Waals surface area contributed by atoms with Crippen LogP contribution in [0.25, 0.3) is 11.1 Å². The number of hydrogen-bond donors (Lipinski definition) is 1. The van der Waals surface area contributed by atoms with Crippen LogP contribution in [0.2, 0.25) is 0 Å². The van der Waals surface area contributed by atoms with E-state index in [9.17, 15) is 4.79 Å². The van der Waals surface area contributed by atoms with Crippen LogP contribution < -0.4 is 5.32 Å². The van der Waals surface area contributed by atoms with E-state index in [-0.39, 0.29) is 11.8 Å². The summed E-state index contributed by atoms with van der Waals surface area (Å²) in [6, 6.07) is 24.8. The number of anilines is 1. The molecule has 1 N–H and O–H groups in total. The zero-order valence-electron chi connectivity index (χ0n) is 16.4. The maximum Gasteiger partial charge on any atom is 0.236 e. The Balaban J connectivity index is 1.48. The summed E-state index contributed by atoms with van der Waals surface area (Å²) in [7, 11) is 0. The molecule has 1 amide bonds. The second-order valence-electron chi connectivity index (χ2n) is 7.60. The number of fused-ring (bicyclic) bond motifs is 3. The first-order valence-electron chi connectivity index (χ1n) is 10.4. The molecule has 0 fully saturated rings. The minimum atomic E-state index is -0.249. The maximum atomic E-state index is 13.2. The summed E-state index contributed by atoms with van der Waals surface area (Å²) in [6.07, 6.45) is 6.19. The molecule has 1 aliphatic rings. The van der Waals surface area contributed by atoms with Gasteiger partial charge in [0.1, 0.15) is 0 Å². The van der Waals surface area contributed by atoms with Crippen molar-refractivity contribution in [3.63, 3.8) is 0 Å². The molecule has 0 bridgehead atoms. The summed E-state index contributed by atoms with van der Waals surface area (Å²) < 4.78 is 0. The fourth-order valence-corrected chi connectivity index (χ4v) is 4.16. The van der Waals surface area contributed by atoms with Crippen molar-refractivity contribution >= 4 is 11.6 Å². The fourth-order valence-electron chi connectivity index (χ4n) is 4.16. The van der Waals surface area contributed by atoms with Gasteiger partial charge in [-0.25, -0.2) is 0 Å². The Bertz CT molecular complexity index is 913. The molecule has 28 heavy (non-hydrogen) atoms. The van der Waals surface area contributed by atoms with Crippen LogP contribution in [0.15, 0.2) is 72.8 Å². The number of rotatable bonds is 7. The molecule has 0 atom stereocenters. The third-order valence-corrected chi connectivity index (χ3v) is 5.64. The molecule has 4 rings (SSSR count). The van der Waals surface area contributed by atoms with Gasteiger partial charge in [0.25, 0.3) is 0 Å². The molecule has 0 aromatic heterocycles. The summed E-state index contributed by atoms with van der Waals surface area (Å²) in [5.74, 6) is -0.214. The molecule has 3 aromatic rings. The lowest BCUT2D eigenvalue weighted by Crippen LogP contribution is -2.20. The number of hydrogen-bond acceptors (Lipinski definition) is 1. The normalized spacial score (nSPS) is 12.5. The van der Waals surface area contributed by atoms with Crippen molar-refractivity contribution < 1.29 is 4.79 Å². The van der Waals surface area contributed by atoms with Crippen LogP contribution in [0.4, 0.5) is 5.69 Å². The van der Waals surface area contributed by atoms with E-state index < -0.39 is 0 Å². The van der Waals surface area contributed by atoms with Gasteiger partial charge >= 0.3 is 0 Å². The molecule has 0 spiro atoms.